The summed E-state index contributed by atoms with van der Waals surface area (Å²) in [5.74, 6) is -0.465. The van der Waals surface area contributed by atoms with E-state index in [4.69, 9.17) is 30.7 Å². The van der Waals surface area contributed by atoms with E-state index in [-0.39, 0.29) is 10.5 Å². The molecule has 6 atom stereocenters. The Kier molecular flexibility index (Phi) is 8.88. The van der Waals surface area contributed by atoms with Gasteiger partial charge >= 0.3 is 13.7 Å². The van der Waals surface area contributed by atoms with Gasteiger partial charge in [0.25, 0.3) is 5.56 Å². The number of hydrogen-bond donors (Lipinski definition) is 4. The average Bonchev–Trinajstić information content (AvgIpc) is 3.01. The highest BCUT2D eigenvalue weighted by Crippen LogP contribution is 2.47. The number of ether oxygens (including phenoxy) is 2. The lowest BCUT2D eigenvalue weighted by Crippen LogP contribution is -2.45. The van der Waals surface area contributed by atoms with Gasteiger partial charge in [-0.25, -0.2) is 4.57 Å². The van der Waals surface area contributed by atoms with Crippen molar-refractivity contribution in [3.63, 3.8) is 0 Å². The molecule has 1 aliphatic rings. The Balaban J connectivity index is 1.80. The molecule has 6 unspecified atom stereocenters. The smallest absolute Gasteiger partial charge is 0.459 e. The van der Waals surface area contributed by atoms with Crippen molar-refractivity contribution >= 4 is 25.9 Å². The first-order valence-electron chi connectivity index (χ1n) is 11.2. The fourth-order valence-electron chi connectivity index (χ4n) is 3.50. The van der Waals surface area contributed by atoms with Crippen molar-refractivity contribution in [1.29, 1.82) is 0 Å². The quantitative estimate of drug-likeness (QED) is 0.197. The molecule has 0 spiro atoms. The standard InChI is InChI=1S/C22H30N3O9PS/c1-13(2)32-19(28)14(3)24-35(30,34-15-8-6-5-7-9-15)31-12-16-18(27)22(4,29)20(33-16)25-11-10-17(26)23-21(25)36/h5-11,13-14,16,18,20,27,29H,12H2,1-4H3,(H,24,30)(H,23,26,36). The van der Waals surface area contributed by atoms with Gasteiger partial charge in [0.15, 0.2) is 11.0 Å². The van der Waals surface area contributed by atoms with Crippen molar-refractivity contribution < 1.29 is 38.1 Å². The Morgan fingerprint density at radius 1 is 1.31 bits per heavy atom. The highest BCUT2D eigenvalue weighted by Gasteiger charge is 2.53. The summed E-state index contributed by atoms with van der Waals surface area (Å²) in [6, 6.07) is 8.29. The van der Waals surface area contributed by atoms with Crippen LogP contribution in [0.2, 0.25) is 0 Å². The molecule has 1 fully saturated rings. The maximum Gasteiger partial charge on any atom is 0.459 e. The first kappa shape index (κ1) is 28.2. The Morgan fingerprint density at radius 2 is 1.97 bits per heavy atom. The van der Waals surface area contributed by atoms with Gasteiger partial charge in [-0.1, -0.05) is 18.2 Å². The van der Waals surface area contributed by atoms with Crippen LogP contribution in [0.15, 0.2) is 47.4 Å². The lowest BCUT2D eigenvalue weighted by atomic mass is 9.96. The molecule has 3 rings (SSSR count). The van der Waals surface area contributed by atoms with Crippen LogP contribution in [0.4, 0.5) is 0 Å². The molecule has 0 saturated carbocycles. The van der Waals surface area contributed by atoms with E-state index < -0.39 is 62.1 Å². The topological polar surface area (TPSA) is 161 Å². The summed E-state index contributed by atoms with van der Waals surface area (Å²) in [7, 11) is -4.22. The molecule has 0 bridgehead atoms. The third-order valence-electron chi connectivity index (χ3n) is 5.29. The molecule has 4 N–H and O–H groups in total. The number of hydrogen-bond acceptors (Lipinski definition) is 10. The van der Waals surface area contributed by atoms with Gasteiger partial charge in [0, 0.05) is 12.3 Å². The Bertz CT molecular complexity index is 1220. The normalized spacial score (nSPS) is 26.4. The zero-order valence-corrected chi connectivity index (χ0v) is 21.9. The average molecular weight is 544 g/mol. The molecule has 0 radical (unpaired) electrons. The van der Waals surface area contributed by atoms with E-state index in [1.54, 1.807) is 44.2 Å². The number of nitrogens with one attached hydrogen (secondary N) is 2. The Morgan fingerprint density at radius 3 is 2.58 bits per heavy atom. The first-order chi connectivity index (χ1) is 16.8. The van der Waals surface area contributed by atoms with Gasteiger partial charge in [-0.2, -0.15) is 5.09 Å². The highest BCUT2D eigenvalue weighted by atomic mass is 32.1. The molecule has 0 amide bonds. The number of rotatable bonds is 10. The minimum atomic E-state index is -4.22. The molecular weight excluding hydrogens is 513 g/mol. The summed E-state index contributed by atoms with van der Waals surface area (Å²) in [6.07, 6.45) is -2.93. The van der Waals surface area contributed by atoms with Gasteiger partial charge in [-0.3, -0.25) is 23.7 Å². The van der Waals surface area contributed by atoms with Crippen molar-refractivity contribution in [2.45, 2.75) is 63.9 Å². The van der Waals surface area contributed by atoms with Crippen LogP contribution < -0.4 is 15.2 Å². The van der Waals surface area contributed by atoms with E-state index in [9.17, 15) is 24.4 Å². The maximum absolute atomic E-state index is 13.6. The van der Waals surface area contributed by atoms with Gasteiger partial charge in [0.2, 0.25) is 0 Å². The molecule has 14 heteroatoms. The highest BCUT2D eigenvalue weighted by molar-refractivity contribution is 7.71. The van der Waals surface area contributed by atoms with Crippen LogP contribution in [0, 0.1) is 4.77 Å². The van der Waals surface area contributed by atoms with Gasteiger partial charge in [-0.05, 0) is 52.0 Å². The second kappa shape index (κ2) is 11.3. The Labute approximate surface area is 212 Å². The van der Waals surface area contributed by atoms with Gasteiger partial charge in [0.1, 0.15) is 29.6 Å². The lowest BCUT2D eigenvalue weighted by Gasteiger charge is -2.28. The van der Waals surface area contributed by atoms with Crippen molar-refractivity contribution in [3.05, 3.63) is 57.7 Å². The number of carbonyl (C=O) groups excluding carboxylic acids is 1. The molecule has 1 aromatic carbocycles. The summed E-state index contributed by atoms with van der Waals surface area (Å²) in [4.78, 5) is 26.2. The van der Waals surface area contributed by atoms with Crippen LogP contribution in [0.1, 0.15) is 33.9 Å². The predicted octanol–water partition coefficient (Wildman–Crippen LogP) is 2.05. The van der Waals surface area contributed by atoms with Crippen LogP contribution in [0.25, 0.3) is 0 Å². The van der Waals surface area contributed by atoms with E-state index in [2.05, 4.69) is 10.1 Å². The lowest BCUT2D eigenvalue weighted by molar-refractivity contribution is -0.149. The zero-order valence-electron chi connectivity index (χ0n) is 20.2. The van der Waals surface area contributed by atoms with Crippen LogP contribution in [0.5, 0.6) is 5.75 Å². The third-order valence-corrected chi connectivity index (χ3v) is 7.25. The van der Waals surface area contributed by atoms with Crippen LogP contribution in [0.3, 0.4) is 0 Å². The second-order valence-electron chi connectivity index (χ2n) is 8.75. The van der Waals surface area contributed by atoms with Crippen molar-refractivity contribution in [1.82, 2.24) is 14.6 Å². The summed E-state index contributed by atoms with van der Waals surface area (Å²) >= 11 is 5.14. The van der Waals surface area contributed by atoms with Crippen molar-refractivity contribution in [2.24, 2.45) is 0 Å². The van der Waals surface area contributed by atoms with Crippen LogP contribution >= 0.6 is 20.0 Å². The third kappa shape index (κ3) is 6.68. The number of aliphatic hydroxyl groups is 2. The number of para-hydroxylation sites is 1. The zero-order chi connectivity index (χ0) is 26.7. The fraction of sp³-hybridized carbons (Fsp3) is 0.500. The molecule has 2 heterocycles. The van der Waals surface area contributed by atoms with E-state index in [0.29, 0.717) is 0 Å². The molecule has 198 valence electrons. The van der Waals surface area contributed by atoms with Gasteiger partial charge in [-0.15, -0.1) is 0 Å². The number of esters is 1. The molecule has 0 aliphatic carbocycles. The van der Waals surface area contributed by atoms with Crippen LogP contribution in [-0.2, 0) is 23.4 Å². The SMILES string of the molecule is CC(C)OC(=O)C(C)NP(=O)(OCC1OC(n2ccc(=O)[nH]c2=S)C(C)(O)C1O)Oc1ccccc1. The molecule has 1 aliphatic heterocycles. The van der Waals surface area contributed by atoms with Gasteiger partial charge in [0.05, 0.1) is 12.7 Å². The van der Waals surface area contributed by atoms with E-state index in [1.807, 2.05) is 0 Å². The number of aromatic amines is 1. The summed E-state index contributed by atoms with van der Waals surface area (Å²) in [5, 5.41) is 24.2. The maximum atomic E-state index is 13.6. The number of aromatic nitrogens is 2. The largest absolute Gasteiger partial charge is 0.462 e. The minimum Gasteiger partial charge on any atom is -0.462 e. The van der Waals surface area contributed by atoms with Crippen LogP contribution in [-0.4, -0.2) is 62.3 Å². The molecular formula is C22H30N3O9PS. The molecule has 36 heavy (non-hydrogen) atoms. The van der Waals surface area contributed by atoms with Crippen molar-refractivity contribution in [2.75, 3.05) is 6.61 Å². The van der Waals surface area contributed by atoms with E-state index >= 15 is 0 Å². The predicted molar refractivity (Wildman–Crippen MR) is 131 cm³/mol. The number of benzene rings is 1. The summed E-state index contributed by atoms with van der Waals surface area (Å²) in [5.41, 5.74) is -2.29. The fourth-order valence-corrected chi connectivity index (χ4v) is 5.25. The van der Waals surface area contributed by atoms with Crippen molar-refractivity contribution in [3.8, 4) is 5.75 Å². The molecule has 12 nitrogen and oxygen atoms in total. The van der Waals surface area contributed by atoms with Gasteiger partial charge < -0.3 is 24.2 Å². The molecule has 1 saturated heterocycles. The monoisotopic (exact) mass is 543 g/mol. The number of carbonyl (C=O) groups is 1. The number of H-pyrrole nitrogens is 1. The minimum absolute atomic E-state index is 0.0289. The summed E-state index contributed by atoms with van der Waals surface area (Å²) < 4.78 is 37.0. The number of aliphatic hydroxyl groups excluding tert-OH is 1. The second-order valence-corrected chi connectivity index (χ2v) is 10.8. The molecule has 1 aromatic heterocycles. The molecule has 2 aromatic rings. The first-order valence-corrected chi connectivity index (χ1v) is 13.1. The Hall–Kier alpha value is -2.38. The summed E-state index contributed by atoms with van der Waals surface area (Å²) in [6.45, 7) is 5.63. The van der Waals surface area contributed by atoms with E-state index in [1.165, 1.54) is 30.7 Å². The van der Waals surface area contributed by atoms with E-state index in [0.717, 1.165) is 0 Å². The number of nitrogens with zero attached hydrogens (tertiary/aromatic N) is 1.